The Labute approximate surface area is 101 Å². The third kappa shape index (κ3) is 4.42. The molecule has 1 aromatic carbocycles. The molecule has 1 amide bonds. The van der Waals surface area contributed by atoms with Crippen molar-refractivity contribution >= 4 is 17.3 Å². The maximum absolute atomic E-state index is 11.7. The van der Waals surface area contributed by atoms with E-state index in [-0.39, 0.29) is 5.91 Å². The summed E-state index contributed by atoms with van der Waals surface area (Å²) in [4.78, 5) is 13.7. The van der Waals surface area contributed by atoms with Gasteiger partial charge in [0.05, 0.1) is 6.54 Å². The molecule has 0 saturated carbocycles. The van der Waals surface area contributed by atoms with E-state index in [9.17, 15) is 10.0 Å². The SMILES string of the molecule is CCN(CC)CC(=O)Nc1cccc(N[O-])c1. The molecule has 0 radical (unpaired) electrons. The molecule has 0 saturated heterocycles. The predicted molar refractivity (Wildman–Crippen MR) is 69.8 cm³/mol. The van der Waals surface area contributed by atoms with Crippen molar-refractivity contribution in [2.24, 2.45) is 0 Å². The second kappa shape index (κ2) is 6.88. The molecule has 0 atom stereocenters. The summed E-state index contributed by atoms with van der Waals surface area (Å²) in [5.74, 6) is -0.0725. The zero-order valence-corrected chi connectivity index (χ0v) is 10.2. The van der Waals surface area contributed by atoms with Crippen LogP contribution in [-0.2, 0) is 4.79 Å². The van der Waals surface area contributed by atoms with Crippen molar-refractivity contribution in [3.8, 4) is 0 Å². The van der Waals surface area contributed by atoms with E-state index in [2.05, 4.69) is 5.32 Å². The Balaban J connectivity index is 2.55. The number of rotatable bonds is 6. The number of likely N-dealkylation sites (N-methyl/N-ethyl adjacent to an activating group) is 1. The van der Waals surface area contributed by atoms with Crippen LogP contribution in [0, 0.1) is 5.21 Å². The Morgan fingerprint density at radius 3 is 2.53 bits per heavy atom. The molecular weight excluding hydrogens is 218 g/mol. The first-order valence-corrected chi connectivity index (χ1v) is 5.70. The zero-order chi connectivity index (χ0) is 12.7. The smallest absolute Gasteiger partial charge is 0.238 e. The number of hydrogen-bond acceptors (Lipinski definition) is 4. The van der Waals surface area contributed by atoms with Crippen LogP contribution in [0.3, 0.4) is 0 Å². The van der Waals surface area contributed by atoms with E-state index >= 15 is 0 Å². The first-order valence-electron chi connectivity index (χ1n) is 5.70. The number of anilines is 2. The Morgan fingerprint density at radius 1 is 1.29 bits per heavy atom. The van der Waals surface area contributed by atoms with Crippen molar-refractivity contribution in [2.75, 3.05) is 30.4 Å². The van der Waals surface area contributed by atoms with Gasteiger partial charge in [-0.3, -0.25) is 9.69 Å². The molecule has 0 fully saturated rings. The van der Waals surface area contributed by atoms with Gasteiger partial charge in [-0.2, -0.15) is 0 Å². The van der Waals surface area contributed by atoms with Gasteiger partial charge >= 0.3 is 0 Å². The number of carbonyl (C=O) groups excluding carboxylic acids is 1. The molecule has 94 valence electrons. The molecule has 17 heavy (non-hydrogen) atoms. The summed E-state index contributed by atoms with van der Waals surface area (Å²) in [6, 6.07) is 6.72. The third-order valence-electron chi connectivity index (χ3n) is 2.53. The van der Waals surface area contributed by atoms with Crippen molar-refractivity contribution < 1.29 is 4.79 Å². The summed E-state index contributed by atoms with van der Waals surface area (Å²) in [7, 11) is 0. The van der Waals surface area contributed by atoms with E-state index in [1.807, 2.05) is 18.7 Å². The predicted octanol–water partition coefficient (Wildman–Crippen LogP) is 1.88. The van der Waals surface area contributed by atoms with Gasteiger partial charge in [0, 0.05) is 11.4 Å². The molecule has 5 heteroatoms. The maximum atomic E-state index is 11.7. The van der Waals surface area contributed by atoms with Crippen LogP contribution in [0.25, 0.3) is 0 Å². The summed E-state index contributed by atoms with van der Waals surface area (Å²) in [6.45, 7) is 6.07. The highest BCUT2D eigenvalue weighted by molar-refractivity contribution is 5.92. The van der Waals surface area contributed by atoms with Gasteiger partial charge in [-0.25, -0.2) is 0 Å². The molecule has 0 aliphatic heterocycles. The van der Waals surface area contributed by atoms with Crippen LogP contribution < -0.4 is 10.8 Å². The number of nitrogens with one attached hydrogen (secondary N) is 2. The molecule has 5 nitrogen and oxygen atoms in total. The van der Waals surface area contributed by atoms with Gasteiger partial charge in [-0.15, -0.1) is 0 Å². The number of amides is 1. The number of nitrogens with zero attached hydrogens (tertiary/aromatic N) is 1. The van der Waals surface area contributed by atoms with Crippen molar-refractivity contribution in [2.45, 2.75) is 13.8 Å². The first-order chi connectivity index (χ1) is 8.19. The molecule has 2 N–H and O–H groups in total. The second-order valence-corrected chi connectivity index (χ2v) is 3.69. The normalized spacial score (nSPS) is 10.4. The molecular formula is C12H18N3O2-. The minimum absolute atomic E-state index is 0.0725. The monoisotopic (exact) mass is 236 g/mol. The molecule has 1 aromatic rings. The van der Waals surface area contributed by atoms with Gasteiger partial charge in [0.25, 0.3) is 0 Å². The van der Waals surface area contributed by atoms with E-state index in [4.69, 9.17) is 0 Å². The standard InChI is InChI=1S/C12H18N3O2/c1-3-15(4-2)9-12(16)13-10-6-5-7-11(8-10)14-17/h5-8,14H,3-4,9H2,1-2H3,(H,13,16)/q-1. The first kappa shape index (κ1) is 13.5. The third-order valence-corrected chi connectivity index (χ3v) is 2.53. The van der Waals surface area contributed by atoms with E-state index in [1.165, 1.54) is 0 Å². The fourth-order valence-electron chi connectivity index (χ4n) is 1.51. The zero-order valence-electron chi connectivity index (χ0n) is 10.2. The highest BCUT2D eigenvalue weighted by Gasteiger charge is 2.07. The van der Waals surface area contributed by atoms with Gasteiger partial charge < -0.3 is 16.0 Å². The Hall–Kier alpha value is -1.59. The minimum atomic E-state index is -0.0725. The summed E-state index contributed by atoms with van der Waals surface area (Å²) < 4.78 is 0. The van der Waals surface area contributed by atoms with Gasteiger partial charge in [0.15, 0.2) is 0 Å². The fraction of sp³-hybridized carbons (Fsp3) is 0.417. The number of benzene rings is 1. The second-order valence-electron chi connectivity index (χ2n) is 3.69. The molecule has 0 aromatic heterocycles. The molecule has 0 bridgehead atoms. The molecule has 0 spiro atoms. The molecule has 0 aliphatic rings. The topological polar surface area (TPSA) is 67.4 Å². The number of hydrogen-bond donors (Lipinski definition) is 2. The van der Waals surface area contributed by atoms with E-state index in [1.54, 1.807) is 29.7 Å². The van der Waals surface area contributed by atoms with Crippen LogP contribution in [0.15, 0.2) is 24.3 Å². The summed E-state index contributed by atoms with van der Waals surface area (Å²) in [5.41, 5.74) is 2.86. The maximum Gasteiger partial charge on any atom is 0.238 e. The van der Waals surface area contributed by atoms with Crippen LogP contribution in [0.5, 0.6) is 0 Å². The molecule has 0 heterocycles. The largest absolute Gasteiger partial charge is 0.761 e. The molecule has 0 unspecified atom stereocenters. The van der Waals surface area contributed by atoms with Crippen molar-refractivity contribution in [3.05, 3.63) is 29.5 Å². The van der Waals surface area contributed by atoms with Crippen molar-refractivity contribution in [1.82, 2.24) is 4.90 Å². The summed E-state index contributed by atoms with van der Waals surface area (Å²) in [6.07, 6.45) is 0. The van der Waals surface area contributed by atoms with Gasteiger partial charge in [0.2, 0.25) is 5.91 Å². The summed E-state index contributed by atoms with van der Waals surface area (Å²) >= 11 is 0. The fourth-order valence-corrected chi connectivity index (χ4v) is 1.51. The van der Waals surface area contributed by atoms with Crippen molar-refractivity contribution in [1.29, 1.82) is 0 Å². The lowest BCUT2D eigenvalue weighted by molar-refractivity contribution is -0.117. The highest BCUT2D eigenvalue weighted by atomic mass is 16.5. The molecule has 1 rings (SSSR count). The lowest BCUT2D eigenvalue weighted by Gasteiger charge is -2.17. The van der Waals surface area contributed by atoms with Crippen LogP contribution in [0.4, 0.5) is 11.4 Å². The minimum Gasteiger partial charge on any atom is -0.761 e. The average Bonchev–Trinajstić information content (AvgIpc) is 2.36. The van der Waals surface area contributed by atoms with E-state index in [0.29, 0.717) is 17.9 Å². The average molecular weight is 236 g/mol. The highest BCUT2D eigenvalue weighted by Crippen LogP contribution is 2.14. The van der Waals surface area contributed by atoms with E-state index < -0.39 is 0 Å². The quantitative estimate of drug-likeness (QED) is 0.740. The molecule has 0 aliphatic carbocycles. The van der Waals surface area contributed by atoms with Crippen LogP contribution in [0.1, 0.15) is 13.8 Å². The van der Waals surface area contributed by atoms with Gasteiger partial charge in [-0.05, 0) is 31.3 Å². The van der Waals surface area contributed by atoms with E-state index in [0.717, 1.165) is 13.1 Å². The van der Waals surface area contributed by atoms with Crippen LogP contribution in [0.2, 0.25) is 0 Å². The van der Waals surface area contributed by atoms with Crippen LogP contribution in [-0.4, -0.2) is 30.4 Å². The van der Waals surface area contributed by atoms with Crippen LogP contribution >= 0.6 is 0 Å². The Morgan fingerprint density at radius 2 is 1.94 bits per heavy atom. The van der Waals surface area contributed by atoms with Crippen molar-refractivity contribution in [3.63, 3.8) is 0 Å². The van der Waals surface area contributed by atoms with Gasteiger partial charge in [-0.1, -0.05) is 19.9 Å². The lowest BCUT2D eigenvalue weighted by atomic mass is 10.3. The lowest BCUT2D eigenvalue weighted by Crippen LogP contribution is -2.32. The Kier molecular flexibility index (Phi) is 5.45. The summed E-state index contributed by atoms with van der Waals surface area (Å²) in [5, 5.41) is 13.2. The number of carbonyl (C=O) groups is 1. The van der Waals surface area contributed by atoms with Gasteiger partial charge in [0.1, 0.15) is 0 Å². The Bertz CT molecular complexity index is 365.